The molecule has 4 heteroatoms. The van der Waals surface area contributed by atoms with Crippen molar-refractivity contribution in [2.75, 3.05) is 6.54 Å². The van der Waals surface area contributed by atoms with Crippen molar-refractivity contribution >= 4 is 12.4 Å². The van der Waals surface area contributed by atoms with Crippen molar-refractivity contribution in [1.29, 1.82) is 0 Å². The first-order valence-electron chi connectivity index (χ1n) is 6.19. The number of hydrogen-bond acceptors (Lipinski definition) is 3. The highest BCUT2D eigenvalue weighted by atomic mass is 16.5. The van der Waals surface area contributed by atoms with Crippen LogP contribution in [0.1, 0.15) is 31.2 Å². The van der Waals surface area contributed by atoms with Crippen LogP contribution in [0, 0.1) is 0 Å². The van der Waals surface area contributed by atoms with Crippen molar-refractivity contribution in [3.63, 3.8) is 0 Å². The zero-order valence-electron chi connectivity index (χ0n) is 10.4. The Hall–Kier alpha value is -1.84. The van der Waals surface area contributed by atoms with Crippen molar-refractivity contribution in [1.82, 2.24) is 5.32 Å². The lowest BCUT2D eigenvalue weighted by molar-refractivity contribution is -0.145. The van der Waals surface area contributed by atoms with Crippen LogP contribution in [-0.2, 0) is 20.9 Å². The van der Waals surface area contributed by atoms with Gasteiger partial charge in [-0.15, -0.1) is 0 Å². The summed E-state index contributed by atoms with van der Waals surface area (Å²) in [6.45, 7) is 1.01. The van der Waals surface area contributed by atoms with Crippen LogP contribution in [0.5, 0.6) is 0 Å². The second-order valence-corrected chi connectivity index (χ2v) is 4.03. The predicted octanol–water partition coefficient (Wildman–Crippen LogP) is 2.04. The third-order valence-corrected chi connectivity index (χ3v) is 2.53. The molecule has 0 radical (unpaired) electrons. The largest absolute Gasteiger partial charge is 0.461 e. The maximum atomic E-state index is 11.4. The van der Waals surface area contributed by atoms with Gasteiger partial charge in [0.2, 0.25) is 6.41 Å². The highest BCUT2D eigenvalue weighted by molar-refractivity contribution is 5.69. The zero-order valence-corrected chi connectivity index (χ0v) is 10.4. The number of rotatable bonds is 9. The van der Waals surface area contributed by atoms with Crippen molar-refractivity contribution in [2.45, 2.75) is 32.3 Å². The van der Waals surface area contributed by atoms with E-state index in [1.165, 1.54) is 0 Å². The standard InChI is InChI=1S/C14H19NO3/c16-12-15-10-6-2-5-9-14(17)18-11-13-7-3-1-4-8-13/h1,3-4,7-8,12H,2,5-6,9-11H2,(H,15,16). The molecule has 4 nitrogen and oxygen atoms in total. The van der Waals surface area contributed by atoms with Crippen LogP contribution in [0.3, 0.4) is 0 Å². The first kappa shape index (κ1) is 14.2. The molecule has 1 N–H and O–H groups in total. The molecule has 1 aromatic rings. The second kappa shape index (κ2) is 9.22. The lowest BCUT2D eigenvalue weighted by atomic mass is 10.2. The molecule has 18 heavy (non-hydrogen) atoms. The Labute approximate surface area is 107 Å². The van der Waals surface area contributed by atoms with Crippen LogP contribution in [0.2, 0.25) is 0 Å². The monoisotopic (exact) mass is 249 g/mol. The van der Waals surface area contributed by atoms with Crippen LogP contribution in [0.15, 0.2) is 30.3 Å². The Balaban J connectivity index is 2.02. The minimum Gasteiger partial charge on any atom is -0.461 e. The number of carbonyl (C=O) groups excluding carboxylic acids is 2. The number of benzene rings is 1. The second-order valence-electron chi connectivity index (χ2n) is 4.03. The summed E-state index contributed by atoms with van der Waals surface area (Å²) >= 11 is 0. The van der Waals surface area contributed by atoms with Crippen molar-refractivity contribution in [3.8, 4) is 0 Å². The Morgan fingerprint density at radius 3 is 2.67 bits per heavy atom. The predicted molar refractivity (Wildman–Crippen MR) is 68.8 cm³/mol. The molecule has 0 aliphatic heterocycles. The van der Waals surface area contributed by atoms with E-state index >= 15 is 0 Å². The minimum absolute atomic E-state index is 0.165. The lowest BCUT2D eigenvalue weighted by Crippen LogP contribution is -2.12. The van der Waals surface area contributed by atoms with Gasteiger partial charge >= 0.3 is 5.97 Å². The summed E-state index contributed by atoms with van der Waals surface area (Å²) in [5.74, 6) is -0.165. The van der Waals surface area contributed by atoms with Gasteiger partial charge in [-0.05, 0) is 18.4 Å². The Kier molecular flexibility index (Phi) is 7.28. The van der Waals surface area contributed by atoms with E-state index in [1.807, 2.05) is 30.3 Å². The smallest absolute Gasteiger partial charge is 0.306 e. The number of unbranched alkanes of at least 4 members (excludes halogenated alkanes) is 2. The van der Waals surface area contributed by atoms with Gasteiger partial charge in [0.25, 0.3) is 0 Å². The molecule has 1 rings (SSSR count). The van der Waals surface area contributed by atoms with Gasteiger partial charge in [0.15, 0.2) is 0 Å². The molecule has 0 saturated carbocycles. The van der Waals surface area contributed by atoms with Crippen LogP contribution in [0.4, 0.5) is 0 Å². The van der Waals surface area contributed by atoms with E-state index in [9.17, 15) is 9.59 Å². The molecule has 0 unspecified atom stereocenters. The fourth-order valence-corrected chi connectivity index (χ4v) is 1.54. The average molecular weight is 249 g/mol. The molecule has 98 valence electrons. The normalized spacial score (nSPS) is 9.78. The molecule has 0 saturated heterocycles. The van der Waals surface area contributed by atoms with Crippen LogP contribution in [0.25, 0.3) is 0 Å². The number of carbonyl (C=O) groups is 2. The first-order valence-corrected chi connectivity index (χ1v) is 6.19. The molecule has 0 aliphatic rings. The summed E-state index contributed by atoms with van der Waals surface area (Å²) < 4.78 is 5.15. The van der Waals surface area contributed by atoms with Gasteiger partial charge in [0.1, 0.15) is 6.61 Å². The fraction of sp³-hybridized carbons (Fsp3) is 0.429. The van der Waals surface area contributed by atoms with E-state index in [4.69, 9.17) is 4.74 Å². The number of ether oxygens (including phenoxy) is 1. The van der Waals surface area contributed by atoms with Crippen LogP contribution >= 0.6 is 0 Å². The molecule has 0 aliphatic carbocycles. The summed E-state index contributed by atoms with van der Waals surface area (Å²) in [7, 11) is 0. The van der Waals surface area contributed by atoms with Crippen molar-refractivity contribution in [2.24, 2.45) is 0 Å². The zero-order chi connectivity index (χ0) is 13.1. The quantitative estimate of drug-likeness (QED) is 0.414. The summed E-state index contributed by atoms with van der Waals surface area (Å²) in [4.78, 5) is 21.4. The minimum atomic E-state index is -0.165. The Bertz CT molecular complexity index is 351. The average Bonchev–Trinajstić information content (AvgIpc) is 2.41. The van der Waals surface area contributed by atoms with Crippen molar-refractivity contribution in [3.05, 3.63) is 35.9 Å². The number of amides is 1. The third-order valence-electron chi connectivity index (χ3n) is 2.53. The summed E-state index contributed by atoms with van der Waals surface area (Å²) in [5.41, 5.74) is 1.00. The molecule has 0 atom stereocenters. The van der Waals surface area contributed by atoms with Gasteiger partial charge in [-0.1, -0.05) is 36.8 Å². The number of nitrogens with one attached hydrogen (secondary N) is 1. The van der Waals surface area contributed by atoms with E-state index in [2.05, 4.69) is 5.32 Å². The van der Waals surface area contributed by atoms with E-state index < -0.39 is 0 Å². The molecule has 0 bridgehead atoms. The van der Waals surface area contributed by atoms with E-state index in [0.29, 0.717) is 26.0 Å². The fourth-order valence-electron chi connectivity index (χ4n) is 1.54. The van der Waals surface area contributed by atoms with Crippen LogP contribution < -0.4 is 5.32 Å². The molecule has 1 aromatic carbocycles. The molecule has 0 spiro atoms. The Morgan fingerprint density at radius 2 is 1.94 bits per heavy atom. The summed E-state index contributed by atoms with van der Waals surface area (Å²) in [6, 6.07) is 9.63. The topological polar surface area (TPSA) is 55.4 Å². The van der Waals surface area contributed by atoms with Crippen molar-refractivity contribution < 1.29 is 14.3 Å². The van der Waals surface area contributed by atoms with E-state index in [-0.39, 0.29) is 5.97 Å². The molecular formula is C14H19NO3. The van der Waals surface area contributed by atoms with Gasteiger partial charge in [-0.3, -0.25) is 9.59 Å². The van der Waals surface area contributed by atoms with E-state index in [1.54, 1.807) is 0 Å². The highest BCUT2D eigenvalue weighted by Crippen LogP contribution is 2.04. The van der Waals surface area contributed by atoms with Crippen LogP contribution in [-0.4, -0.2) is 18.9 Å². The number of esters is 1. The maximum Gasteiger partial charge on any atom is 0.306 e. The highest BCUT2D eigenvalue weighted by Gasteiger charge is 2.02. The summed E-state index contributed by atoms with van der Waals surface area (Å²) in [6.07, 6.45) is 3.74. The van der Waals surface area contributed by atoms with Gasteiger partial charge < -0.3 is 10.1 Å². The molecule has 0 aromatic heterocycles. The van der Waals surface area contributed by atoms with Gasteiger partial charge in [0, 0.05) is 13.0 Å². The molecule has 0 fully saturated rings. The lowest BCUT2D eigenvalue weighted by Gasteiger charge is -2.04. The maximum absolute atomic E-state index is 11.4. The van der Waals surface area contributed by atoms with Gasteiger partial charge in [0.05, 0.1) is 0 Å². The van der Waals surface area contributed by atoms with E-state index in [0.717, 1.165) is 24.8 Å². The Morgan fingerprint density at radius 1 is 1.17 bits per heavy atom. The molecule has 1 amide bonds. The molecular weight excluding hydrogens is 230 g/mol. The number of hydrogen-bond donors (Lipinski definition) is 1. The van der Waals surface area contributed by atoms with Gasteiger partial charge in [-0.2, -0.15) is 0 Å². The SMILES string of the molecule is O=CNCCCCCC(=O)OCc1ccccc1. The van der Waals surface area contributed by atoms with Gasteiger partial charge in [-0.25, -0.2) is 0 Å². The summed E-state index contributed by atoms with van der Waals surface area (Å²) in [5, 5.41) is 2.59. The third kappa shape index (κ3) is 6.68. The molecule has 0 heterocycles. The first-order chi connectivity index (χ1) is 8.83.